The predicted octanol–water partition coefficient (Wildman–Crippen LogP) is 4.02. The fourth-order valence-electron chi connectivity index (χ4n) is 3.11. The summed E-state index contributed by atoms with van der Waals surface area (Å²) in [5.74, 6) is 2.91. The van der Waals surface area contributed by atoms with Gasteiger partial charge in [0.25, 0.3) is 0 Å². The van der Waals surface area contributed by atoms with E-state index in [1.165, 1.54) is 0 Å². The molecule has 0 radical (unpaired) electrons. The van der Waals surface area contributed by atoms with E-state index < -0.39 is 0 Å². The molecule has 0 bridgehead atoms. The summed E-state index contributed by atoms with van der Waals surface area (Å²) >= 11 is 1.56. The van der Waals surface area contributed by atoms with Crippen LogP contribution in [0.2, 0.25) is 0 Å². The Labute approximate surface area is 179 Å². The van der Waals surface area contributed by atoms with Crippen LogP contribution in [-0.2, 0) is 12.3 Å². The lowest BCUT2D eigenvalue weighted by Gasteiger charge is -2.12. The highest BCUT2D eigenvalue weighted by molar-refractivity contribution is 7.98. The van der Waals surface area contributed by atoms with Crippen LogP contribution in [0, 0.1) is 0 Å². The van der Waals surface area contributed by atoms with Crippen LogP contribution in [0.3, 0.4) is 0 Å². The van der Waals surface area contributed by atoms with E-state index >= 15 is 0 Å². The zero-order valence-electron chi connectivity index (χ0n) is 17.0. The Balaban J connectivity index is 1.69. The van der Waals surface area contributed by atoms with Crippen molar-refractivity contribution in [2.45, 2.75) is 37.2 Å². The summed E-state index contributed by atoms with van der Waals surface area (Å²) in [6, 6.07) is 17.9. The number of hydrogen-bond acceptors (Lipinski definition) is 7. The monoisotopic (exact) mass is 421 g/mol. The van der Waals surface area contributed by atoms with Gasteiger partial charge in [0, 0.05) is 12.2 Å². The molecule has 2 heterocycles. The predicted molar refractivity (Wildman–Crippen MR) is 116 cm³/mol. The number of methoxy groups -OCH3 is 1. The molecule has 0 fully saturated rings. The lowest BCUT2D eigenvalue weighted by Crippen LogP contribution is -2.06. The number of aromatic nitrogens is 7. The van der Waals surface area contributed by atoms with Crippen LogP contribution in [0.1, 0.15) is 25.6 Å². The van der Waals surface area contributed by atoms with Crippen LogP contribution in [0.4, 0.5) is 0 Å². The lowest BCUT2D eigenvalue weighted by molar-refractivity contribution is 0.416. The van der Waals surface area contributed by atoms with Crippen molar-refractivity contribution >= 4 is 11.8 Å². The minimum atomic E-state index is 0.605. The molecule has 0 aliphatic carbocycles. The van der Waals surface area contributed by atoms with E-state index in [-0.39, 0.29) is 0 Å². The van der Waals surface area contributed by atoms with Gasteiger partial charge in [0.1, 0.15) is 5.75 Å². The largest absolute Gasteiger partial charge is 0.496 e. The van der Waals surface area contributed by atoms with Gasteiger partial charge in [-0.1, -0.05) is 55.4 Å². The van der Waals surface area contributed by atoms with E-state index in [1.807, 2.05) is 63.8 Å². The van der Waals surface area contributed by atoms with Gasteiger partial charge in [-0.25, -0.2) is 4.68 Å². The minimum Gasteiger partial charge on any atom is -0.496 e. The second-order valence-corrected chi connectivity index (χ2v) is 7.58. The summed E-state index contributed by atoms with van der Waals surface area (Å²) < 4.78 is 9.46. The minimum absolute atomic E-state index is 0.605. The zero-order chi connectivity index (χ0) is 20.8. The van der Waals surface area contributed by atoms with Crippen molar-refractivity contribution in [3.8, 4) is 22.8 Å². The molecule has 0 saturated carbocycles. The number of nitrogens with zero attached hydrogens (tertiary/aromatic N) is 7. The molecule has 0 unspecified atom stereocenters. The van der Waals surface area contributed by atoms with Gasteiger partial charge in [-0.3, -0.25) is 4.57 Å². The van der Waals surface area contributed by atoms with Gasteiger partial charge in [0.2, 0.25) is 0 Å². The molecular weight excluding hydrogens is 398 g/mol. The van der Waals surface area contributed by atoms with Gasteiger partial charge in [-0.2, -0.15) is 0 Å². The van der Waals surface area contributed by atoms with Crippen molar-refractivity contribution in [3.63, 3.8) is 0 Å². The Morgan fingerprint density at radius 3 is 2.57 bits per heavy atom. The third-order valence-electron chi connectivity index (χ3n) is 4.66. The number of benzene rings is 2. The average Bonchev–Trinajstić information content (AvgIpc) is 3.43. The topological polar surface area (TPSA) is 83.5 Å². The lowest BCUT2D eigenvalue weighted by atomic mass is 10.2. The summed E-state index contributed by atoms with van der Waals surface area (Å²) in [6.45, 7) is 2.97. The molecule has 2 aromatic heterocycles. The fourth-order valence-corrected chi connectivity index (χ4v) is 4.00. The van der Waals surface area contributed by atoms with Crippen molar-refractivity contribution in [3.05, 3.63) is 60.4 Å². The second kappa shape index (κ2) is 9.53. The maximum Gasteiger partial charge on any atom is 0.196 e. The van der Waals surface area contributed by atoms with Crippen LogP contribution >= 0.6 is 11.8 Å². The Kier molecular flexibility index (Phi) is 6.38. The fraction of sp³-hybridized carbons (Fsp3) is 0.286. The van der Waals surface area contributed by atoms with Gasteiger partial charge in [-0.15, -0.1) is 15.3 Å². The zero-order valence-corrected chi connectivity index (χ0v) is 17.8. The number of rotatable bonds is 9. The van der Waals surface area contributed by atoms with Gasteiger partial charge in [-0.05, 0) is 41.1 Å². The van der Waals surface area contributed by atoms with Crippen molar-refractivity contribution in [2.24, 2.45) is 0 Å². The van der Waals surface area contributed by atoms with Crippen molar-refractivity contribution in [1.82, 2.24) is 35.0 Å². The van der Waals surface area contributed by atoms with E-state index in [4.69, 9.17) is 4.74 Å². The molecule has 0 atom stereocenters. The molecule has 2 aromatic carbocycles. The Morgan fingerprint density at radius 2 is 1.77 bits per heavy atom. The van der Waals surface area contributed by atoms with E-state index in [9.17, 15) is 0 Å². The highest BCUT2D eigenvalue weighted by Gasteiger charge is 2.19. The Bertz CT molecular complexity index is 1090. The molecule has 0 amide bonds. The molecule has 0 N–H and O–H groups in total. The number of aryl methyl sites for hydroxylation is 1. The number of unbranched alkanes of at least 4 members (excludes halogenated alkanes) is 1. The first kappa shape index (κ1) is 20.1. The van der Waals surface area contributed by atoms with Gasteiger partial charge in [0.05, 0.1) is 18.4 Å². The van der Waals surface area contributed by atoms with Crippen molar-refractivity contribution in [2.75, 3.05) is 7.11 Å². The Morgan fingerprint density at radius 1 is 0.967 bits per heavy atom. The first-order valence-corrected chi connectivity index (χ1v) is 10.8. The van der Waals surface area contributed by atoms with E-state index in [0.29, 0.717) is 5.75 Å². The van der Waals surface area contributed by atoms with Crippen LogP contribution < -0.4 is 4.74 Å². The third kappa shape index (κ3) is 4.20. The van der Waals surface area contributed by atoms with Gasteiger partial charge in [0.15, 0.2) is 16.8 Å². The smallest absolute Gasteiger partial charge is 0.196 e. The van der Waals surface area contributed by atoms with Crippen molar-refractivity contribution in [1.29, 1.82) is 0 Å². The SMILES string of the molecule is CCCCn1nnnc1CSc1nnc(-c2ccccc2OC)n1-c1ccccc1. The Hall–Kier alpha value is -3.20. The summed E-state index contributed by atoms with van der Waals surface area (Å²) in [5.41, 5.74) is 1.87. The van der Waals surface area contributed by atoms with Crippen LogP contribution in [0.15, 0.2) is 59.8 Å². The third-order valence-corrected chi connectivity index (χ3v) is 5.58. The molecule has 0 aliphatic rings. The molecule has 154 valence electrons. The first-order valence-electron chi connectivity index (χ1n) is 9.84. The second-order valence-electron chi connectivity index (χ2n) is 6.64. The van der Waals surface area contributed by atoms with Gasteiger partial charge < -0.3 is 4.74 Å². The molecule has 0 spiro atoms. The van der Waals surface area contributed by atoms with E-state index in [0.717, 1.165) is 53.2 Å². The summed E-state index contributed by atoms with van der Waals surface area (Å²) in [5, 5.41) is 21.9. The summed E-state index contributed by atoms with van der Waals surface area (Å²) in [7, 11) is 1.66. The van der Waals surface area contributed by atoms with E-state index in [2.05, 4.69) is 32.6 Å². The highest BCUT2D eigenvalue weighted by atomic mass is 32.2. The quantitative estimate of drug-likeness (QED) is 0.377. The molecule has 0 saturated heterocycles. The molecule has 9 heteroatoms. The van der Waals surface area contributed by atoms with Crippen LogP contribution in [0.5, 0.6) is 5.75 Å². The maximum atomic E-state index is 5.55. The van der Waals surface area contributed by atoms with E-state index in [1.54, 1.807) is 18.9 Å². The highest BCUT2D eigenvalue weighted by Crippen LogP contribution is 2.33. The number of thioether (sulfide) groups is 1. The van der Waals surface area contributed by atoms with Crippen molar-refractivity contribution < 1.29 is 4.74 Å². The van der Waals surface area contributed by atoms with Crippen LogP contribution in [-0.4, -0.2) is 42.1 Å². The standard InChI is InChI=1S/C21H23N7OS/c1-3-4-14-27-19(22-25-26-27)15-30-21-24-23-20(17-12-8-9-13-18(17)29-2)28(21)16-10-6-5-7-11-16/h5-13H,3-4,14-15H2,1-2H3. The average molecular weight is 422 g/mol. The number of hydrogen-bond donors (Lipinski definition) is 0. The molecular formula is C21H23N7OS. The number of ether oxygens (including phenoxy) is 1. The first-order chi connectivity index (χ1) is 14.8. The maximum absolute atomic E-state index is 5.55. The normalized spacial score (nSPS) is 11.0. The summed E-state index contributed by atoms with van der Waals surface area (Å²) in [6.07, 6.45) is 2.14. The molecule has 30 heavy (non-hydrogen) atoms. The number of para-hydroxylation sites is 2. The summed E-state index contributed by atoms with van der Waals surface area (Å²) in [4.78, 5) is 0. The molecule has 4 aromatic rings. The number of tetrazole rings is 1. The van der Waals surface area contributed by atoms with Crippen LogP contribution in [0.25, 0.3) is 17.1 Å². The molecule has 8 nitrogen and oxygen atoms in total. The van der Waals surface area contributed by atoms with Gasteiger partial charge >= 0.3 is 0 Å². The molecule has 4 rings (SSSR count). The molecule has 0 aliphatic heterocycles.